The third-order valence-electron chi connectivity index (χ3n) is 2.99. The van der Waals surface area contributed by atoms with Gasteiger partial charge in [0, 0.05) is 20.1 Å². The zero-order chi connectivity index (χ0) is 12.4. The van der Waals surface area contributed by atoms with Crippen molar-refractivity contribution in [3.05, 3.63) is 23.2 Å². The van der Waals surface area contributed by atoms with Crippen LogP contribution in [0.2, 0.25) is 5.02 Å². The quantitative estimate of drug-likeness (QED) is 0.878. The van der Waals surface area contributed by atoms with Crippen molar-refractivity contribution >= 4 is 23.0 Å². The molecule has 0 aliphatic carbocycles. The van der Waals surface area contributed by atoms with Crippen LogP contribution in [-0.4, -0.2) is 32.3 Å². The highest BCUT2D eigenvalue weighted by molar-refractivity contribution is 6.34. The Kier molecular flexibility index (Phi) is 3.79. The van der Waals surface area contributed by atoms with E-state index in [1.165, 1.54) is 0 Å². The Bertz CT molecular complexity index is 387. The van der Waals surface area contributed by atoms with Crippen molar-refractivity contribution < 1.29 is 4.74 Å². The summed E-state index contributed by atoms with van der Waals surface area (Å²) in [5, 5.41) is 3.99. The Morgan fingerprint density at radius 1 is 1.29 bits per heavy atom. The molecule has 0 saturated carbocycles. The maximum atomic E-state index is 6.31. The smallest absolute Gasteiger partial charge is 0.0792 e. The first-order chi connectivity index (χ1) is 8.11. The summed E-state index contributed by atoms with van der Waals surface area (Å²) >= 11 is 6.31. The highest BCUT2D eigenvalue weighted by atomic mass is 35.5. The van der Waals surface area contributed by atoms with Crippen LogP contribution in [0.5, 0.6) is 0 Å². The minimum atomic E-state index is 0.236. The van der Waals surface area contributed by atoms with Gasteiger partial charge in [-0.2, -0.15) is 0 Å². The molecular formula is C13H19ClN2O. The maximum Gasteiger partial charge on any atom is 0.0792 e. The molecule has 0 bridgehead atoms. The minimum absolute atomic E-state index is 0.236. The summed E-state index contributed by atoms with van der Waals surface area (Å²) in [6.07, 6.45) is 0.472. The van der Waals surface area contributed by atoms with E-state index in [1.54, 1.807) is 0 Å². The lowest BCUT2D eigenvalue weighted by molar-refractivity contribution is -0.00516. The maximum absolute atomic E-state index is 6.31. The fraction of sp³-hybridized carbons (Fsp3) is 0.538. The van der Waals surface area contributed by atoms with E-state index in [0.29, 0.717) is 0 Å². The summed E-state index contributed by atoms with van der Waals surface area (Å²) in [5.41, 5.74) is 2.15. The monoisotopic (exact) mass is 254 g/mol. The second kappa shape index (κ2) is 5.15. The van der Waals surface area contributed by atoms with Gasteiger partial charge in [-0.3, -0.25) is 0 Å². The molecule has 0 radical (unpaired) electrons. The van der Waals surface area contributed by atoms with Crippen molar-refractivity contribution in [3.8, 4) is 0 Å². The molecule has 1 aromatic carbocycles. The van der Waals surface area contributed by atoms with Gasteiger partial charge < -0.3 is 15.0 Å². The van der Waals surface area contributed by atoms with Crippen LogP contribution in [0.4, 0.5) is 11.4 Å². The molecule has 2 unspecified atom stereocenters. The normalized spacial score (nSPS) is 24.8. The second-order valence-corrected chi connectivity index (χ2v) is 4.96. The van der Waals surface area contributed by atoms with Crippen LogP contribution in [0.25, 0.3) is 0 Å². The molecule has 0 aromatic heterocycles. The van der Waals surface area contributed by atoms with E-state index in [0.717, 1.165) is 29.5 Å². The summed E-state index contributed by atoms with van der Waals surface area (Å²) in [6, 6.07) is 5.94. The predicted molar refractivity (Wildman–Crippen MR) is 73.2 cm³/mol. The Balaban J connectivity index is 2.32. The summed E-state index contributed by atoms with van der Waals surface area (Å²) in [6.45, 7) is 5.95. The first kappa shape index (κ1) is 12.5. The molecule has 1 N–H and O–H groups in total. The lowest BCUT2D eigenvalue weighted by Crippen LogP contribution is -2.45. The summed E-state index contributed by atoms with van der Waals surface area (Å²) < 4.78 is 5.75. The molecule has 1 fully saturated rings. The second-order valence-electron chi connectivity index (χ2n) is 4.55. The number of morpholine rings is 1. The van der Waals surface area contributed by atoms with Crippen LogP contribution in [0.3, 0.4) is 0 Å². The summed E-state index contributed by atoms with van der Waals surface area (Å²) in [5.74, 6) is 0. The molecule has 1 aromatic rings. The van der Waals surface area contributed by atoms with E-state index < -0.39 is 0 Å². The van der Waals surface area contributed by atoms with E-state index in [2.05, 4.69) is 24.1 Å². The average molecular weight is 255 g/mol. The molecular weight excluding hydrogens is 236 g/mol. The van der Waals surface area contributed by atoms with E-state index >= 15 is 0 Å². The van der Waals surface area contributed by atoms with Crippen molar-refractivity contribution in [2.45, 2.75) is 26.1 Å². The number of ether oxygens (including phenoxy) is 1. The third kappa shape index (κ3) is 2.67. The molecule has 2 atom stereocenters. The number of rotatable bonds is 2. The van der Waals surface area contributed by atoms with Crippen molar-refractivity contribution in [1.29, 1.82) is 0 Å². The number of halogens is 1. The molecule has 0 amide bonds. The van der Waals surface area contributed by atoms with E-state index in [9.17, 15) is 0 Å². The Morgan fingerprint density at radius 2 is 1.94 bits per heavy atom. The zero-order valence-corrected chi connectivity index (χ0v) is 11.3. The highest BCUT2D eigenvalue weighted by Crippen LogP contribution is 2.35. The first-order valence-electron chi connectivity index (χ1n) is 5.98. The van der Waals surface area contributed by atoms with Crippen molar-refractivity contribution in [2.24, 2.45) is 0 Å². The van der Waals surface area contributed by atoms with E-state index in [-0.39, 0.29) is 12.2 Å². The highest BCUT2D eigenvalue weighted by Gasteiger charge is 2.25. The van der Waals surface area contributed by atoms with Gasteiger partial charge >= 0.3 is 0 Å². The third-order valence-corrected chi connectivity index (χ3v) is 3.30. The van der Waals surface area contributed by atoms with Crippen molar-refractivity contribution in [2.75, 3.05) is 30.4 Å². The molecule has 1 saturated heterocycles. The largest absolute Gasteiger partial charge is 0.386 e. The zero-order valence-electron chi connectivity index (χ0n) is 10.5. The number of nitrogens with one attached hydrogen (secondary N) is 1. The molecule has 1 aliphatic rings. The topological polar surface area (TPSA) is 24.5 Å². The number of nitrogens with zero attached hydrogens (tertiary/aromatic N) is 1. The Labute approximate surface area is 108 Å². The molecule has 1 aliphatic heterocycles. The van der Waals surface area contributed by atoms with Gasteiger partial charge in [-0.25, -0.2) is 0 Å². The van der Waals surface area contributed by atoms with Gasteiger partial charge in [-0.1, -0.05) is 17.7 Å². The molecule has 4 heteroatoms. The van der Waals surface area contributed by atoms with Gasteiger partial charge in [-0.15, -0.1) is 0 Å². The molecule has 17 heavy (non-hydrogen) atoms. The Morgan fingerprint density at radius 3 is 2.53 bits per heavy atom. The van der Waals surface area contributed by atoms with Crippen molar-refractivity contribution in [1.82, 2.24) is 0 Å². The molecule has 0 spiro atoms. The lowest BCUT2D eigenvalue weighted by Gasteiger charge is -2.38. The lowest BCUT2D eigenvalue weighted by atomic mass is 10.1. The van der Waals surface area contributed by atoms with Crippen LogP contribution in [0.15, 0.2) is 18.2 Å². The van der Waals surface area contributed by atoms with Gasteiger partial charge in [-0.05, 0) is 26.0 Å². The predicted octanol–water partition coefficient (Wildman–Crippen LogP) is 3.00. The standard InChI is InChI=1S/C13H19ClN2O/c1-9-7-16(8-10(2)17-9)13-11(14)5-4-6-12(13)15-3/h4-6,9-10,15H,7-8H2,1-3H3. The van der Waals surface area contributed by atoms with Crippen LogP contribution < -0.4 is 10.2 Å². The number of hydrogen-bond donors (Lipinski definition) is 1. The number of benzene rings is 1. The minimum Gasteiger partial charge on any atom is -0.386 e. The average Bonchev–Trinajstić information content (AvgIpc) is 2.27. The summed E-state index contributed by atoms with van der Waals surface area (Å²) in [7, 11) is 1.92. The molecule has 94 valence electrons. The number of anilines is 2. The van der Waals surface area contributed by atoms with Crippen LogP contribution in [-0.2, 0) is 4.74 Å². The molecule has 2 rings (SSSR count). The fourth-order valence-electron chi connectivity index (χ4n) is 2.40. The number of hydrogen-bond acceptors (Lipinski definition) is 3. The van der Waals surface area contributed by atoms with Gasteiger partial charge in [0.2, 0.25) is 0 Å². The molecule has 3 nitrogen and oxygen atoms in total. The van der Waals surface area contributed by atoms with Gasteiger partial charge in [0.05, 0.1) is 28.6 Å². The van der Waals surface area contributed by atoms with Crippen LogP contribution >= 0.6 is 11.6 Å². The van der Waals surface area contributed by atoms with E-state index in [1.807, 2.05) is 25.2 Å². The Hall–Kier alpha value is -0.930. The first-order valence-corrected chi connectivity index (χ1v) is 6.36. The summed E-state index contributed by atoms with van der Waals surface area (Å²) in [4.78, 5) is 2.30. The van der Waals surface area contributed by atoms with Crippen LogP contribution in [0.1, 0.15) is 13.8 Å². The van der Waals surface area contributed by atoms with E-state index in [4.69, 9.17) is 16.3 Å². The van der Waals surface area contributed by atoms with Gasteiger partial charge in [0.15, 0.2) is 0 Å². The van der Waals surface area contributed by atoms with Crippen molar-refractivity contribution in [3.63, 3.8) is 0 Å². The molecule has 1 heterocycles. The number of para-hydroxylation sites is 1. The SMILES string of the molecule is CNc1cccc(Cl)c1N1CC(C)OC(C)C1. The fourth-order valence-corrected chi connectivity index (χ4v) is 2.69. The van der Waals surface area contributed by atoms with Gasteiger partial charge in [0.1, 0.15) is 0 Å². The van der Waals surface area contributed by atoms with Gasteiger partial charge in [0.25, 0.3) is 0 Å². The van der Waals surface area contributed by atoms with Crippen LogP contribution in [0, 0.1) is 0 Å².